The van der Waals surface area contributed by atoms with Crippen molar-refractivity contribution in [3.63, 3.8) is 0 Å². The number of carboxylic acids is 1. The lowest BCUT2D eigenvalue weighted by Crippen LogP contribution is -2.30. The standard InChI is InChI=1S/C20H15F3N4O3.CH4O3S.ClH/c21-8-1-2-15(13(22)3-8)27-7-12(20(29)30)17(28)9-4-14(23)19(25-18(9)27)26-5-10-11(6-26)16(10)24;1-5(2,3)4;/h1-4,7,10-11,16H,5-6,24H2,(H,29,30);1H3,(H,2,3,4);1H/t10-,11+,16+;;. The number of aromatic nitrogens is 2. The molecule has 1 aliphatic carbocycles. The minimum atomic E-state index is -3.67. The molecule has 2 aliphatic rings. The van der Waals surface area contributed by atoms with E-state index >= 15 is 0 Å². The molecule has 0 bridgehead atoms. The van der Waals surface area contributed by atoms with Gasteiger partial charge in [0, 0.05) is 31.4 Å². The molecule has 2 fully saturated rings. The van der Waals surface area contributed by atoms with E-state index in [0.29, 0.717) is 25.4 Å². The Morgan fingerprint density at radius 1 is 1.14 bits per heavy atom. The summed E-state index contributed by atoms with van der Waals surface area (Å²) in [6.45, 7) is 1.01. The number of nitrogens with two attached hydrogens (primary N) is 1. The topological polar surface area (TPSA) is 156 Å². The second-order valence-electron chi connectivity index (χ2n) is 8.35. The Morgan fingerprint density at radius 2 is 1.72 bits per heavy atom. The summed E-state index contributed by atoms with van der Waals surface area (Å²) in [6.07, 6.45) is 1.63. The lowest BCUT2D eigenvalue weighted by molar-refractivity contribution is 0.0695. The molecule has 1 aliphatic heterocycles. The summed E-state index contributed by atoms with van der Waals surface area (Å²) < 4.78 is 69.6. The van der Waals surface area contributed by atoms with E-state index in [1.807, 2.05) is 0 Å². The van der Waals surface area contributed by atoms with Crippen molar-refractivity contribution in [3.05, 3.63) is 63.7 Å². The quantitative estimate of drug-likeness (QED) is 0.415. The van der Waals surface area contributed by atoms with Crippen molar-refractivity contribution in [2.75, 3.05) is 24.2 Å². The normalized spacial score (nSPS) is 20.3. The minimum absolute atomic E-state index is 0. The van der Waals surface area contributed by atoms with Crippen LogP contribution in [0, 0.1) is 29.3 Å². The number of benzene rings is 1. The van der Waals surface area contributed by atoms with E-state index in [4.69, 9.17) is 10.3 Å². The average Bonchev–Trinajstić information content (AvgIpc) is 3.14. The van der Waals surface area contributed by atoms with Gasteiger partial charge >= 0.3 is 5.97 Å². The maximum atomic E-state index is 14.8. The Kier molecular flexibility index (Phi) is 7.37. The number of fused-ring (bicyclic) bond motifs is 2. The number of carboxylic acid groups (broad SMARTS) is 1. The number of carbonyl (C=O) groups is 1. The number of piperidine rings is 1. The molecule has 5 rings (SSSR count). The molecule has 10 nitrogen and oxygen atoms in total. The van der Waals surface area contributed by atoms with Crippen LogP contribution in [-0.4, -0.2) is 59.0 Å². The predicted octanol–water partition coefficient (Wildman–Crippen LogP) is 1.82. The van der Waals surface area contributed by atoms with Gasteiger partial charge in [-0.15, -0.1) is 12.4 Å². The summed E-state index contributed by atoms with van der Waals surface area (Å²) in [7, 11) is -3.67. The molecule has 3 heterocycles. The summed E-state index contributed by atoms with van der Waals surface area (Å²) >= 11 is 0. The van der Waals surface area contributed by atoms with Gasteiger partial charge in [0.1, 0.15) is 17.2 Å². The van der Waals surface area contributed by atoms with Crippen LogP contribution in [0.15, 0.2) is 35.3 Å². The Balaban J connectivity index is 0.000000551. The number of nitrogens with zero attached hydrogens (tertiary/aromatic N) is 3. The first-order chi connectivity index (χ1) is 16.3. The molecule has 1 aromatic carbocycles. The van der Waals surface area contributed by atoms with Crippen molar-refractivity contribution in [2.24, 2.45) is 17.6 Å². The van der Waals surface area contributed by atoms with Gasteiger partial charge in [0.25, 0.3) is 10.1 Å². The fraction of sp³-hybridized carbons (Fsp3) is 0.286. The SMILES string of the molecule is CS(=O)(=O)O.Cl.N[C@@H]1[C@H]2CN(c3nc4c(cc3F)c(=O)c(C(=O)O)cn4-c3ccc(F)cc3F)C[C@@H]12. The Labute approximate surface area is 208 Å². The molecule has 0 spiro atoms. The molecule has 3 atom stereocenters. The van der Waals surface area contributed by atoms with E-state index in [1.54, 1.807) is 4.90 Å². The third kappa shape index (κ3) is 5.31. The zero-order valence-corrected chi connectivity index (χ0v) is 20.1. The first-order valence-electron chi connectivity index (χ1n) is 10.1. The molecule has 0 radical (unpaired) electrons. The summed E-state index contributed by atoms with van der Waals surface area (Å²) in [4.78, 5) is 30.1. The van der Waals surface area contributed by atoms with Crippen LogP contribution in [0.5, 0.6) is 0 Å². The number of halogens is 4. The molecule has 3 aromatic rings. The second kappa shape index (κ2) is 9.69. The average molecular weight is 549 g/mol. The zero-order chi connectivity index (χ0) is 25.8. The molecule has 4 N–H and O–H groups in total. The van der Waals surface area contributed by atoms with Crippen LogP contribution in [0.3, 0.4) is 0 Å². The van der Waals surface area contributed by atoms with Crippen molar-refractivity contribution in [1.82, 2.24) is 9.55 Å². The number of hydrogen-bond donors (Lipinski definition) is 3. The van der Waals surface area contributed by atoms with Crippen molar-refractivity contribution >= 4 is 45.3 Å². The highest BCUT2D eigenvalue weighted by atomic mass is 35.5. The maximum absolute atomic E-state index is 14.8. The van der Waals surface area contributed by atoms with Crippen LogP contribution in [0.1, 0.15) is 10.4 Å². The molecular formula is C21H20ClF3N4O6S. The first-order valence-corrected chi connectivity index (χ1v) is 12.0. The highest BCUT2D eigenvalue weighted by molar-refractivity contribution is 7.85. The summed E-state index contributed by atoms with van der Waals surface area (Å²) in [5.74, 6) is -3.70. The highest BCUT2D eigenvalue weighted by Crippen LogP contribution is 2.45. The van der Waals surface area contributed by atoms with Crippen LogP contribution in [0.4, 0.5) is 19.0 Å². The molecule has 1 saturated heterocycles. The van der Waals surface area contributed by atoms with E-state index in [0.717, 1.165) is 29.0 Å². The smallest absolute Gasteiger partial charge is 0.341 e. The van der Waals surface area contributed by atoms with Crippen LogP contribution >= 0.6 is 12.4 Å². The van der Waals surface area contributed by atoms with Crippen LogP contribution in [0.2, 0.25) is 0 Å². The van der Waals surface area contributed by atoms with Crippen LogP contribution < -0.4 is 16.1 Å². The lowest BCUT2D eigenvalue weighted by atomic mass is 10.1. The molecule has 1 saturated carbocycles. The Morgan fingerprint density at radius 3 is 2.25 bits per heavy atom. The number of anilines is 1. The third-order valence-corrected chi connectivity index (χ3v) is 5.87. The van der Waals surface area contributed by atoms with Gasteiger partial charge in [0.2, 0.25) is 5.43 Å². The lowest BCUT2D eigenvalue weighted by Gasteiger charge is -2.22. The Bertz CT molecular complexity index is 1510. The molecule has 36 heavy (non-hydrogen) atoms. The highest BCUT2D eigenvalue weighted by Gasteiger charge is 2.54. The number of hydrogen-bond acceptors (Lipinski definition) is 7. The van der Waals surface area contributed by atoms with Gasteiger partial charge in [0.05, 0.1) is 17.3 Å². The van der Waals surface area contributed by atoms with Crippen molar-refractivity contribution < 1.29 is 36.0 Å². The molecule has 15 heteroatoms. The van der Waals surface area contributed by atoms with E-state index < -0.39 is 44.5 Å². The van der Waals surface area contributed by atoms with Gasteiger partial charge in [-0.05, 0) is 30.0 Å². The molecule has 2 aromatic heterocycles. The van der Waals surface area contributed by atoms with Gasteiger partial charge in [-0.3, -0.25) is 13.9 Å². The van der Waals surface area contributed by atoms with Crippen molar-refractivity contribution in [3.8, 4) is 5.69 Å². The van der Waals surface area contributed by atoms with Crippen molar-refractivity contribution in [1.29, 1.82) is 0 Å². The summed E-state index contributed by atoms with van der Waals surface area (Å²) in [6, 6.07) is 3.69. The van der Waals surface area contributed by atoms with Crippen molar-refractivity contribution in [2.45, 2.75) is 6.04 Å². The van der Waals surface area contributed by atoms with Gasteiger partial charge in [0.15, 0.2) is 17.3 Å². The zero-order valence-electron chi connectivity index (χ0n) is 18.4. The molecule has 194 valence electrons. The van der Waals surface area contributed by atoms with Crippen LogP contribution in [0.25, 0.3) is 16.7 Å². The largest absolute Gasteiger partial charge is 0.477 e. The maximum Gasteiger partial charge on any atom is 0.341 e. The third-order valence-electron chi connectivity index (χ3n) is 5.87. The van der Waals surface area contributed by atoms with Gasteiger partial charge in [-0.1, -0.05) is 0 Å². The summed E-state index contributed by atoms with van der Waals surface area (Å²) in [5.41, 5.74) is 3.94. The molecule has 0 amide bonds. The Hall–Kier alpha value is -3.20. The minimum Gasteiger partial charge on any atom is -0.477 e. The molecule has 0 unspecified atom stereocenters. The number of pyridine rings is 2. The van der Waals surface area contributed by atoms with E-state index in [9.17, 15) is 36.3 Å². The number of rotatable bonds is 3. The second-order valence-corrected chi connectivity index (χ2v) is 9.82. The van der Waals surface area contributed by atoms with Gasteiger partial charge in [-0.2, -0.15) is 8.42 Å². The van der Waals surface area contributed by atoms with Gasteiger partial charge in [-0.25, -0.2) is 22.9 Å². The van der Waals surface area contributed by atoms with E-state index in [1.165, 1.54) is 0 Å². The fourth-order valence-corrected chi connectivity index (χ4v) is 4.19. The predicted molar refractivity (Wildman–Crippen MR) is 126 cm³/mol. The monoisotopic (exact) mass is 548 g/mol. The molecular weight excluding hydrogens is 529 g/mol. The first kappa shape index (κ1) is 27.4. The van der Waals surface area contributed by atoms with E-state index in [-0.39, 0.29) is 52.8 Å². The summed E-state index contributed by atoms with van der Waals surface area (Å²) in [5, 5.41) is 9.05. The van der Waals surface area contributed by atoms with Gasteiger partial charge < -0.3 is 15.7 Å². The van der Waals surface area contributed by atoms with Crippen LogP contribution in [-0.2, 0) is 10.1 Å². The fourth-order valence-electron chi connectivity index (χ4n) is 4.19. The number of aromatic carboxylic acids is 1. The van der Waals surface area contributed by atoms with E-state index in [2.05, 4.69) is 4.98 Å².